The molecule has 0 bridgehead atoms. The van der Waals surface area contributed by atoms with Crippen molar-refractivity contribution in [1.82, 2.24) is 4.90 Å². The van der Waals surface area contributed by atoms with Gasteiger partial charge >= 0.3 is 5.97 Å². The molecule has 1 atom stereocenters. The molecule has 1 saturated heterocycles. The Kier molecular flexibility index (Phi) is 5.29. The molecule has 1 heterocycles. The molecule has 1 aromatic carbocycles. The van der Waals surface area contributed by atoms with Crippen LogP contribution in [0.1, 0.15) is 31.7 Å². The summed E-state index contributed by atoms with van der Waals surface area (Å²) < 4.78 is 10.8. The average Bonchev–Trinajstić information content (AvgIpc) is 2.54. The standard InChI is InChI=1S/C17H25NO4/c1-4-17(16(19)20)9-6-10-18(12-17)11-13-7-5-8-14(21-2)15(13)22-3/h5,7-8H,4,6,9-12H2,1-3H3,(H,19,20). The first-order valence-corrected chi connectivity index (χ1v) is 7.72. The number of para-hydroxylation sites is 1. The quantitative estimate of drug-likeness (QED) is 0.875. The number of piperidine rings is 1. The molecule has 0 spiro atoms. The molecule has 0 aromatic heterocycles. The Balaban J connectivity index is 2.19. The van der Waals surface area contributed by atoms with Gasteiger partial charge in [0.1, 0.15) is 0 Å². The van der Waals surface area contributed by atoms with E-state index in [1.807, 2.05) is 25.1 Å². The van der Waals surface area contributed by atoms with Gasteiger partial charge in [0.15, 0.2) is 11.5 Å². The van der Waals surface area contributed by atoms with E-state index in [0.717, 1.165) is 30.7 Å². The van der Waals surface area contributed by atoms with E-state index in [1.54, 1.807) is 14.2 Å². The van der Waals surface area contributed by atoms with Crippen molar-refractivity contribution in [2.45, 2.75) is 32.7 Å². The summed E-state index contributed by atoms with van der Waals surface area (Å²) in [7, 11) is 3.25. The molecule has 0 radical (unpaired) electrons. The van der Waals surface area contributed by atoms with Crippen LogP contribution < -0.4 is 9.47 Å². The molecule has 1 aliphatic rings. The summed E-state index contributed by atoms with van der Waals surface area (Å²) in [5.41, 5.74) is 0.406. The number of carboxylic acids is 1. The Morgan fingerprint density at radius 1 is 1.36 bits per heavy atom. The minimum Gasteiger partial charge on any atom is -0.493 e. The van der Waals surface area contributed by atoms with Crippen LogP contribution in [0.2, 0.25) is 0 Å². The number of carbonyl (C=O) groups is 1. The molecule has 1 unspecified atom stereocenters. The maximum atomic E-state index is 11.7. The fourth-order valence-electron chi connectivity index (χ4n) is 3.30. The zero-order valence-electron chi connectivity index (χ0n) is 13.6. The minimum atomic E-state index is -0.683. The lowest BCUT2D eigenvalue weighted by atomic mass is 9.77. The molecule has 1 N–H and O–H groups in total. The predicted octanol–water partition coefficient (Wildman–Crippen LogP) is 2.78. The van der Waals surface area contributed by atoms with E-state index < -0.39 is 11.4 Å². The molecular formula is C17H25NO4. The van der Waals surface area contributed by atoms with Crippen molar-refractivity contribution in [1.29, 1.82) is 0 Å². The van der Waals surface area contributed by atoms with Crippen LogP contribution in [0.5, 0.6) is 11.5 Å². The van der Waals surface area contributed by atoms with Gasteiger partial charge in [-0.05, 0) is 31.9 Å². The summed E-state index contributed by atoms with van der Waals surface area (Å²) in [4.78, 5) is 13.9. The molecule has 1 fully saturated rings. The van der Waals surface area contributed by atoms with Crippen LogP contribution in [0.4, 0.5) is 0 Å². The maximum absolute atomic E-state index is 11.7. The highest BCUT2D eigenvalue weighted by molar-refractivity contribution is 5.75. The number of carboxylic acid groups (broad SMARTS) is 1. The molecule has 5 nitrogen and oxygen atoms in total. The largest absolute Gasteiger partial charge is 0.493 e. The van der Waals surface area contributed by atoms with E-state index in [1.165, 1.54) is 0 Å². The Morgan fingerprint density at radius 2 is 2.14 bits per heavy atom. The predicted molar refractivity (Wildman–Crippen MR) is 84.4 cm³/mol. The number of benzene rings is 1. The van der Waals surface area contributed by atoms with Gasteiger partial charge < -0.3 is 14.6 Å². The van der Waals surface area contributed by atoms with Crippen molar-refractivity contribution >= 4 is 5.97 Å². The molecule has 22 heavy (non-hydrogen) atoms. The summed E-state index contributed by atoms with van der Waals surface area (Å²) in [5, 5.41) is 9.58. The van der Waals surface area contributed by atoms with Gasteiger partial charge in [-0.15, -0.1) is 0 Å². The number of hydrogen-bond donors (Lipinski definition) is 1. The first-order chi connectivity index (χ1) is 10.6. The van der Waals surface area contributed by atoms with Gasteiger partial charge in [-0.3, -0.25) is 9.69 Å². The molecular weight excluding hydrogens is 282 g/mol. The molecule has 0 aliphatic carbocycles. The molecule has 2 rings (SSSR count). The van der Waals surface area contributed by atoms with Gasteiger partial charge in [-0.25, -0.2) is 0 Å². The summed E-state index contributed by atoms with van der Waals surface area (Å²) in [6.07, 6.45) is 2.32. The number of methoxy groups -OCH3 is 2. The lowest BCUT2D eigenvalue weighted by Crippen LogP contribution is -2.47. The molecule has 1 aliphatic heterocycles. The van der Waals surface area contributed by atoms with Crippen LogP contribution >= 0.6 is 0 Å². The number of hydrogen-bond acceptors (Lipinski definition) is 4. The fraction of sp³-hybridized carbons (Fsp3) is 0.588. The number of rotatable bonds is 6. The smallest absolute Gasteiger partial charge is 0.310 e. The van der Waals surface area contributed by atoms with Crippen LogP contribution in [-0.2, 0) is 11.3 Å². The SMILES string of the molecule is CCC1(C(=O)O)CCCN(Cc2cccc(OC)c2OC)C1. The van der Waals surface area contributed by atoms with Gasteiger partial charge in [-0.2, -0.15) is 0 Å². The van der Waals surface area contributed by atoms with E-state index in [0.29, 0.717) is 25.3 Å². The number of ether oxygens (including phenoxy) is 2. The van der Waals surface area contributed by atoms with Crippen molar-refractivity contribution in [2.75, 3.05) is 27.3 Å². The Morgan fingerprint density at radius 3 is 2.73 bits per heavy atom. The van der Waals surface area contributed by atoms with Gasteiger partial charge in [0.25, 0.3) is 0 Å². The van der Waals surface area contributed by atoms with Crippen molar-refractivity contribution < 1.29 is 19.4 Å². The first-order valence-electron chi connectivity index (χ1n) is 7.72. The zero-order chi connectivity index (χ0) is 16.2. The normalized spacial score (nSPS) is 22.3. The number of aliphatic carboxylic acids is 1. The highest BCUT2D eigenvalue weighted by Crippen LogP contribution is 2.36. The highest BCUT2D eigenvalue weighted by Gasteiger charge is 2.40. The Hall–Kier alpha value is -1.75. The lowest BCUT2D eigenvalue weighted by molar-refractivity contribution is -0.153. The maximum Gasteiger partial charge on any atom is 0.310 e. The second kappa shape index (κ2) is 7.01. The molecule has 122 valence electrons. The van der Waals surface area contributed by atoms with Crippen molar-refractivity contribution in [2.24, 2.45) is 5.41 Å². The molecule has 5 heteroatoms. The highest BCUT2D eigenvalue weighted by atomic mass is 16.5. The van der Waals surface area contributed by atoms with Gasteiger partial charge in [0.2, 0.25) is 0 Å². The van der Waals surface area contributed by atoms with Crippen LogP contribution in [0.3, 0.4) is 0 Å². The van der Waals surface area contributed by atoms with Crippen molar-refractivity contribution in [3.8, 4) is 11.5 Å². The summed E-state index contributed by atoms with van der Waals surface area (Å²) >= 11 is 0. The van der Waals surface area contributed by atoms with Crippen LogP contribution in [-0.4, -0.2) is 43.3 Å². The topological polar surface area (TPSA) is 59.0 Å². The zero-order valence-corrected chi connectivity index (χ0v) is 13.6. The molecule has 0 saturated carbocycles. The second-order valence-corrected chi connectivity index (χ2v) is 5.91. The minimum absolute atomic E-state index is 0.583. The lowest BCUT2D eigenvalue weighted by Gasteiger charge is -2.39. The third-order valence-electron chi connectivity index (χ3n) is 4.66. The van der Waals surface area contributed by atoms with Gasteiger partial charge in [-0.1, -0.05) is 19.1 Å². The number of nitrogens with zero attached hydrogens (tertiary/aromatic N) is 1. The van der Waals surface area contributed by atoms with E-state index in [4.69, 9.17) is 9.47 Å². The summed E-state index contributed by atoms with van der Waals surface area (Å²) in [5.74, 6) is 0.752. The number of likely N-dealkylation sites (tertiary alicyclic amines) is 1. The second-order valence-electron chi connectivity index (χ2n) is 5.91. The third-order valence-corrected chi connectivity index (χ3v) is 4.66. The van der Waals surface area contributed by atoms with E-state index in [-0.39, 0.29) is 0 Å². The fourth-order valence-corrected chi connectivity index (χ4v) is 3.30. The van der Waals surface area contributed by atoms with E-state index in [2.05, 4.69) is 4.90 Å². The third kappa shape index (κ3) is 3.19. The summed E-state index contributed by atoms with van der Waals surface area (Å²) in [6.45, 7) is 4.13. The molecule has 0 amide bonds. The monoisotopic (exact) mass is 307 g/mol. The first kappa shape index (κ1) is 16.6. The Labute approximate surface area is 131 Å². The van der Waals surface area contributed by atoms with E-state index >= 15 is 0 Å². The van der Waals surface area contributed by atoms with Crippen molar-refractivity contribution in [3.05, 3.63) is 23.8 Å². The molecule has 1 aromatic rings. The van der Waals surface area contributed by atoms with Crippen molar-refractivity contribution in [3.63, 3.8) is 0 Å². The van der Waals surface area contributed by atoms with Crippen LogP contribution in [0.25, 0.3) is 0 Å². The van der Waals surface area contributed by atoms with E-state index in [9.17, 15) is 9.90 Å². The van der Waals surface area contributed by atoms with Gasteiger partial charge in [0.05, 0.1) is 19.6 Å². The average molecular weight is 307 g/mol. The summed E-state index contributed by atoms with van der Waals surface area (Å²) in [6, 6.07) is 5.81. The van der Waals surface area contributed by atoms with Crippen LogP contribution in [0, 0.1) is 5.41 Å². The Bertz CT molecular complexity index is 531. The van der Waals surface area contributed by atoms with Gasteiger partial charge in [0, 0.05) is 18.7 Å². The van der Waals surface area contributed by atoms with Crippen LogP contribution in [0.15, 0.2) is 18.2 Å².